The highest BCUT2D eigenvalue weighted by Gasteiger charge is 2.18. The molecule has 0 fully saturated rings. The normalized spacial score (nSPS) is 11.1. The molecule has 0 radical (unpaired) electrons. The van der Waals surface area contributed by atoms with Gasteiger partial charge in [-0.05, 0) is 63.2 Å². The van der Waals surface area contributed by atoms with E-state index in [2.05, 4.69) is 17.6 Å². The topological polar surface area (TPSA) is 80.6 Å². The Balaban J connectivity index is 1.93. The number of anilines is 1. The van der Waals surface area contributed by atoms with Crippen LogP contribution >= 0.6 is 0 Å². The molecule has 1 aromatic heterocycles. The third-order valence-corrected chi connectivity index (χ3v) is 4.66. The Morgan fingerprint density at radius 2 is 1.87 bits per heavy atom. The SMILES string of the molecule is CCCc1c(OC(C)C)ccc2cc(C(=O)Nc3ccc(CNC)cc3)c(=O)oc12. The van der Waals surface area contributed by atoms with Gasteiger partial charge in [0.2, 0.25) is 0 Å². The molecule has 6 nitrogen and oxygen atoms in total. The summed E-state index contributed by atoms with van der Waals surface area (Å²) in [4.78, 5) is 25.3. The van der Waals surface area contributed by atoms with Gasteiger partial charge in [-0.3, -0.25) is 4.79 Å². The quantitative estimate of drug-likeness (QED) is 0.536. The second-order valence-electron chi connectivity index (χ2n) is 7.51. The van der Waals surface area contributed by atoms with E-state index in [0.717, 1.165) is 24.1 Å². The molecule has 158 valence electrons. The molecule has 0 aliphatic carbocycles. The van der Waals surface area contributed by atoms with Crippen LogP contribution in [0.1, 0.15) is 48.7 Å². The molecule has 3 aromatic rings. The number of ether oxygens (including phenoxy) is 1. The fraction of sp³-hybridized carbons (Fsp3) is 0.333. The lowest BCUT2D eigenvalue weighted by molar-refractivity contribution is 0.102. The fourth-order valence-electron chi connectivity index (χ4n) is 3.34. The third kappa shape index (κ3) is 4.89. The highest BCUT2D eigenvalue weighted by Crippen LogP contribution is 2.30. The zero-order valence-electron chi connectivity index (χ0n) is 17.9. The number of benzene rings is 2. The van der Waals surface area contributed by atoms with Gasteiger partial charge in [0.05, 0.1) is 6.10 Å². The Morgan fingerprint density at radius 1 is 1.13 bits per heavy atom. The smallest absolute Gasteiger partial charge is 0.349 e. The number of carbonyl (C=O) groups excluding carboxylic acids is 1. The molecule has 2 aromatic carbocycles. The van der Waals surface area contributed by atoms with Crippen LogP contribution in [0.3, 0.4) is 0 Å². The zero-order chi connectivity index (χ0) is 21.7. The molecule has 0 atom stereocenters. The van der Waals surface area contributed by atoms with Gasteiger partial charge in [-0.15, -0.1) is 0 Å². The molecule has 1 heterocycles. The number of rotatable bonds is 8. The van der Waals surface area contributed by atoms with Crippen LogP contribution in [0.5, 0.6) is 5.75 Å². The maximum atomic E-state index is 12.7. The van der Waals surface area contributed by atoms with Crippen molar-refractivity contribution in [2.24, 2.45) is 0 Å². The minimum atomic E-state index is -0.661. The predicted molar refractivity (Wildman–Crippen MR) is 119 cm³/mol. The Kier molecular flexibility index (Phi) is 6.90. The number of carbonyl (C=O) groups is 1. The van der Waals surface area contributed by atoms with Gasteiger partial charge in [-0.25, -0.2) is 4.79 Å². The van der Waals surface area contributed by atoms with Crippen molar-refractivity contribution in [3.63, 3.8) is 0 Å². The molecule has 2 N–H and O–H groups in total. The molecule has 0 unspecified atom stereocenters. The van der Waals surface area contributed by atoms with Gasteiger partial charge in [0.1, 0.15) is 16.9 Å². The van der Waals surface area contributed by atoms with Crippen LogP contribution in [-0.2, 0) is 13.0 Å². The number of amides is 1. The first-order valence-corrected chi connectivity index (χ1v) is 10.2. The maximum Gasteiger partial charge on any atom is 0.349 e. The Bertz CT molecular complexity index is 1080. The molecule has 6 heteroatoms. The molecule has 0 aliphatic heterocycles. The highest BCUT2D eigenvalue weighted by molar-refractivity contribution is 6.05. The summed E-state index contributed by atoms with van der Waals surface area (Å²) in [5.41, 5.74) is 2.36. The lowest BCUT2D eigenvalue weighted by Gasteiger charge is -2.15. The van der Waals surface area contributed by atoms with Crippen molar-refractivity contribution < 1.29 is 13.9 Å². The second-order valence-corrected chi connectivity index (χ2v) is 7.51. The number of nitrogens with one attached hydrogen (secondary N) is 2. The van der Waals surface area contributed by atoms with Crippen LogP contribution in [0.4, 0.5) is 5.69 Å². The standard InChI is InChI=1S/C24H28N2O4/c1-5-6-19-21(29-15(2)3)12-9-17-13-20(24(28)30-22(17)19)23(27)26-18-10-7-16(8-11-18)14-25-4/h7-13,15,25H,5-6,14H2,1-4H3,(H,26,27). The van der Waals surface area contributed by atoms with Crippen molar-refractivity contribution in [1.82, 2.24) is 5.32 Å². The molecule has 0 saturated heterocycles. The number of hydrogen-bond acceptors (Lipinski definition) is 5. The monoisotopic (exact) mass is 408 g/mol. The molecular formula is C24H28N2O4. The molecule has 3 rings (SSSR count). The summed E-state index contributed by atoms with van der Waals surface area (Å²) in [5, 5.41) is 6.54. The van der Waals surface area contributed by atoms with E-state index in [1.807, 2.05) is 57.3 Å². The van der Waals surface area contributed by atoms with E-state index < -0.39 is 11.5 Å². The first kappa shape index (κ1) is 21.6. The van der Waals surface area contributed by atoms with Crippen molar-refractivity contribution in [2.45, 2.75) is 46.3 Å². The molecule has 0 saturated carbocycles. The second kappa shape index (κ2) is 9.59. The van der Waals surface area contributed by atoms with Crippen molar-refractivity contribution >= 4 is 22.6 Å². The van der Waals surface area contributed by atoms with Gasteiger partial charge in [-0.1, -0.05) is 25.5 Å². The number of aryl methyl sites for hydroxylation is 1. The van der Waals surface area contributed by atoms with Crippen LogP contribution in [0.25, 0.3) is 11.0 Å². The van der Waals surface area contributed by atoms with E-state index in [4.69, 9.17) is 9.15 Å². The van der Waals surface area contributed by atoms with E-state index in [1.54, 1.807) is 6.07 Å². The van der Waals surface area contributed by atoms with Gasteiger partial charge in [0.15, 0.2) is 0 Å². The first-order chi connectivity index (χ1) is 14.4. The molecule has 1 amide bonds. The lowest BCUT2D eigenvalue weighted by Crippen LogP contribution is -2.21. The van der Waals surface area contributed by atoms with Crippen molar-refractivity contribution in [3.8, 4) is 5.75 Å². The Hall–Kier alpha value is -3.12. The molecule has 0 bridgehead atoms. The van der Waals surface area contributed by atoms with Crippen LogP contribution in [0.15, 0.2) is 51.7 Å². The number of hydrogen-bond donors (Lipinski definition) is 2. The highest BCUT2D eigenvalue weighted by atomic mass is 16.5. The van der Waals surface area contributed by atoms with Gasteiger partial charge in [0, 0.05) is 23.2 Å². The summed E-state index contributed by atoms with van der Waals surface area (Å²) in [7, 11) is 1.87. The fourth-order valence-corrected chi connectivity index (χ4v) is 3.34. The van der Waals surface area contributed by atoms with Gasteiger partial charge in [0.25, 0.3) is 5.91 Å². The minimum absolute atomic E-state index is 0.00863. The van der Waals surface area contributed by atoms with E-state index in [1.165, 1.54) is 0 Å². The lowest BCUT2D eigenvalue weighted by atomic mass is 10.0. The van der Waals surface area contributed by atoms with Gasteiger partial charge >= 0.3 is 5.63 Å². The van der Waals surface area contributed by atoms with Crippen LogP contribution in [-0.4, -0.2) is 19.1 Å². The van der Waals surface area contributed by atoms with Crippen molar-refractivity contribution in [1.29, 1.82) is 0 Å². The summed E-state index contributed by atoms with van der Waals surface area (Å²) in [6.45, 7) is 6.70. The largest absolute Gasteiger partial charge is 0.491 e. The van der Waals surface area contributed by atoms with Gasteiger partial charge in [-0.2, -0.15) is 0 Å². The van der Waals surface area contributed by atoms with Crippen molar-refractivity contribution in [3.05, 3.63) is 69.6 Å². The third-order valence-electron chi connectivity index (χ3n) is 4.66. The summed E-state index contributed by atoms with van der Waals surface area (Å²) in [5.74, 6) is 0.216. The summed E-state index contributed by atoms with van der Waals surface area (Å²) < 4.78 is 11.5. The molecule has 30 heavy (non-hydrogen) atoms. The number of fused-ring (bicyclic) bond motifs is 1. The predicted octanol–water partition coefficient (Wildman–Crippen LogP) is 4.50. The molecule has 0 aliphatic rings. The molecular weight excluding hydrogens is 380 g/mol. The van der Waals surface area contributed by atoms with Crippen LogP contribution in [0, 0.1) is 0 Å². The van der Waals surface area contributed by atoms with Gasteiger partial charge < -0.3 is 19.8 Å². The van der Waals surface area contributed by atoms with Crippen LogP contribution < -0.4 is 21.0 Å². The van der Waals surface area contributed by atoms with Crippen LogP contribution in [0.2, 0.25) is 0 Å². The molecule has 0 spiro atoms. The summed E-state index contributed by atoms with van der Waals surface area (Å²) in [6.07, 6.45) is 1.60. The van der Waals surface area contributed by atoms with E-state index in [9.17, 15) is 9.59 Å². The average molecular weight is 408 g/mol. The Labute approximate surface area is 176 Å². The first-order valence-electron chi connectivity index (χ1n) is 10.2. The summed E-state index contributed by atoms with van der Waals surface area (Å²) in [6, 6.07) is 12.7. The maximum absolute atomic E-state index is 12.7. The van der Waals surface area contributed by atoms with E-state index >= 15 is 0 Å². The van der Waals surface area contributed by atoms with E-state index in [0.29, 0.717) is 28.8 Å². The van der Waals surface area contributed by atoms with E-state index in [-0.39, 0.29) is 11.7 Å². The zero-order valence-corrected chi connectivity index (χ0v) is 17.9. The summed E-state index contributed by atoms with van der Waals surface area (Å²) >= 11 is 0. The minimum Gasteiger partial charge on any atom is -0.491 e. The average Bonchev–Trinajstić information content (AvgIpc) is 2.71. The Morgan fingerprint density at radius 3 is 2.50 bits per heavy atom. The van der Waals surface area contributed by atoms with Crippen molar-refractivity contribution in [2.75, 3.05) is 12.4 Å².